The maximum atomic E-state index is 12.8. The standard InChI is InChI=1S/C24H34N6O2/c1-6-29(17-18(3)30(7-2)22-9-8-20(15-25)16-28-22)24(31)11-13-26-19(4)21-10-12-27-23(14-21)32-5/h8-10,12,14,16,18-19,26H,6-7,11,13,17H2,1-5H3. The fourth-order valence-corrected chi connectivity index (χ4v) is 3.62. The van der Waals surface area contributed by atoms with E-state index in [4.69, 9.17) is 10.00 Å². The Hall–Kier alpha value is -3.18. The molecule has 8 heteroatoms. The van der Waals surface area contributed by atoms with Crippen molar-refractivity contribution in [3.63, 3.8) is 0 Å². The highest BCUT2D eigenvalue weighted by molar-refractivity contribution is 5.76. The second kappa shape index (κ2) is 12.6. The molecule has 0 fully saturated rings. The number of carbonyl (C=O) groups excluding carboxylic acids is 1. The van der Waals surface area contributed by atoms with Crippen molar-refractivity contribution in [1.29, 1.82) is 5.26 Å². The Morgan fingerprint density at radius 2 is 2.00 bits per heavy atom. The van der Waals surface area contributed by atoms with Gasteiger partial charge >= 0.3 is 0 Å². The summed E-state index contributed by atoms with van der Waals surface area (Å²) in [5.74, 6) is 1.51. The van der Waals surface area contributed by atoms with Crippen LogP contribution in [0.1, 0.15) is 51.3 Å². The number of nitriles is 1. The number of rotatable bonds is 12. The fourth-order valence-electron chi connectivity index (χ4n) is 3.62. The fraction of sp³-hybridized carbons (Fsp3) is 0.500. The highest BCUT2D eigenvalue weighted by Crippen LogP contribution is 2.17. The predicted octanol–water partition coefficient (Wildman–Crippen LogP) is 3.16. The Morgan fingerprint density at radius 3 is 2.59 bits per heavy atom. The first kappa shape index (κ1) is 25.1. The van der Waals surface area contributed by atoms with Gasteiger partial charge in [-0.05, 0) is 51.5 Å². The Labute approximate surface area is 191 Å². The molecule has 0 bridgehead atoms. The lowest BCUT2D eigenvalue weighted by atomic mass is 10.1. The molecule has 2 unspecified atom stereocenters. The van der Waals surface area contributed by atoms with Crippen molar-refractivity contribution in [3.05, 3.63) is 47.8 Å². The second-order valence-electron chi connectivity index (χ2n) is 7.64. The number of nitrogens with one attached hydrogen (secondary N) is 1. The van der Waals surface area contributed by atoms with E-state index < -0.39 is 0 Å². The molecule has 0 aliphatic heterocycles. The van der Waals surface area contributed by atoms with Crippen molar-refractivity contribution in [2.75, 3.05) is 38.2 Å². The number of amides is 1. The molecule has 1 amide bonds. The summed E-state index contributed by atoms with van der Waals surface area (Å²) in [6.07, 6.45) is 3.73. The molecule has 8 nitrogen and oxygen atoms in total. The Bertz CT molecular complexity index is 896. The molecule has 0 saturated carbocycles. The zero-order valence-corrected chi connectivity index (χ0v) is 19.7. The number of nitrogens with zero attached hydrogens (tertiary/aromatic N) is 5. The first-order valence-corrected chi connectivity index (χ1v) is 11.1. The SMILES string of the molecule is CCN(CC(C)N(CC)c1ccc(C#N)cn1)C(=O)CCNC(C)c1ccnc(OC)c1. The van der Waals surface area contributed by atoms with Gasteiger partial charge in [-0.2, -0.15) is 5.26 Å². The molecule has 0 aromatic carbocycles. The first-order valence-electron chi connectivity index (χ1n) is 11.1. The summed E-state index contributed by atoms with van der Waals surface area (Å²) in [6, 6.07) is 9.75. The van der Waals surface area contributed by atoms with Gasteiger partial charge in [0.15, 0.2) is 0 Å². The van der Waals surface area contributed by atoms with E-state index in [0.29, 0.717) is 37.5 Å². The van der Waals surface area contributed by atoms with Gasteiger partial charge in [-0.25, -0.2) is 9.97 Å². The molecule has 2 aromatic rings. The normalized spacial score (nSPS) is 12.5. The summed E-state index contributed by atoms with van der Waals surface area (Å²) < 4.78 is 5.18. The Balaban J connectivity index is 1.89. The third-order valence-electron chi connectivity index (χ3n) is 5.52. The molecular weight excluding hydrogens is 404 g/mol. The van der Waals surface area contributed by atoms with E-state index in [0.717, 1.165) is 17.9 Å². The monoisotopic (exact) mass is 438 g/mol. The maximum absolute atomic E-state index is 12.8. The molecule has 0 spiro atoms. The molecule has 0 saturated heterocycles. The largest absolute Gasteiger partial charge is 0.481 e. The third-order valence-corrected chi connectivity index (χ3v) is 5.52. The van der Waals surface area contributed by atoms with Crippen LogP contribution in [-0.2, 0) is 4.79 Å². The van der Waals surface area contributed by atoms with Crippen molar-refractivity contribution >= 4 is 11.7 Å². The van der Waals surface area contributed by atoms with Crippen molar-refractivity contribution in [1.82, 2.24) is 20.2 Å². The van der Waals surface area contributed by atoms with Crippen LogP contribution in [0.25, 0.3) is 0 Å². The quantitative estimate of drug-likeness (QED) is 0.544. The summed E-state index contributed by atoms with van der Waals surface area (Å²) in [7, 11) is 1.60. The number of methoxy groups -OCH3 is 1. The minimum Gasteiger partial charge on any atom is -0.481 e. The minimum atomic E-state index is 0.0896. The zero-order chi connectivity index (χ0) is 23.5. The number of pyridine rings is 2. The van der Waals surface area contributed by atoms with Crippen molar-refractivity contribution in [3.8, 4) is 11.9 Å². The molecule has 172 valence electrons. The van der Waals surface area contributed by atoms with E-state index in [9.17, 15) is 4.79 Å². The van der Waals surface area contributed by atoms with Crippen LogP contribution in [-0.4, -0.2) is 60.1 Å². The topological polar surface area (TPSA) is 94.4 Å². The van der Waals surface area contributed by atoms with Crippen LogP contribution < -0.4 is 15.0 Å². The summed E-state index contributed by atoms with van der Waals surface area (Å²) in [5.41, 5.74) is 1.61. The molecule has 0 aliphatic rings. The maximum Gasteiger partial charge on any atom is 0.223 e. The van der Waals surface area contributed by atoms with Gasteiger partial charge in [-0.1, -0.05) is 0 Å². The summed E-state index contributed by atoms with van der Waals surface area (Å²) in [4.78, 5) is 25.4. The number of carbonyl (C=O) groups is 1. The van der Waals surface area contributed by atoms with Crippen molar-refractivity contribution in [2.24, 2.45) is 0 Å². The second-order valence-corrected chi connectivity index (χ2v) is 7.64. The van der Waals surface area contributed by atoms with Crippen LogP contribution in [0.4, 0.5) is 5.82 Å². The van der Waals surface area contributed by atoms with E-state index in [1.54, 1.807) is 25.6 Å². The number of hydrogen-bond acceptors (Lipinski definition) is 7. The molecule has 0 aliphatic carbocycles. The van der Waals surface area contributed by atoms with E-state index >= 15 is 0 Å². The van der Waals surface area contributed by atoms with Gasteiger partial charge in [0.05, 0.1) is 12.7 Å². The van der Waals surface area contributed by atoms with Crippen LogP contribution >= 0.6 is 0 Å². The third kappa shape index (κ3) is 6.92. The Kier molecular flexibility index (Phi) is 9.89. The van der Waals surface area contributed by atoms with Crippen LogP contribution in [0.5, 0.6) is 5.88 Å². The van der Waals surface area contributed by atoms with Crippen molar-refractivity contribution < 1.29 is 9.53 Å². The lowest BCUT2D eigenvalue weighted by molar-refractivity contribution is -0.131. The summed E-state index contributed by atoms with van der Waals surface area (Å²) in [6.45, 7) is 10.8. The van der Waals surface area contributed by atoms with E-state index in [2.05, 4.69) is 47.0 Å². The number of hydrogen-bond donors (Lipinski definition) is 1. The average molecular weight is 439 g/mol. The van der Waals surface area contributed by atoms with Gasteiger partial charge in [-0.15, -0.1) is 0 Å². The number of ether oxygens (including phenoxy) is 1. The molecule has 2 heterocycles. The van der Waals surface area contributed by atoms with Gasteiger partial charge in [0, 0.05) is 63.1 Å². The van der Waals surface area contributed by atoms with Crippen LogP contribution in [0.3, 0.4) is 0 Å². The number of aromatic nitrogens is 2. The number of anilines is 1. The molecule has 2 rings (SSSR count). The van der Waals surface area contributed by atoms with E-state index in [1.807, 2.05) is 30.0 Å². The van der Waals surface area contributed by atoms with Gasteiger partial charge in [0.25, 0.3) is 0 Å². The molecule has 2 aromatic heterocycles. The lowest BCUT2D eigenvalue weighted by Gasteiger charge is -2.33. The zero-order valence-electron chi connectivity index (χ0n) is 19.7. The van der Waals surface area contributed by atoms with Crippen LogP contribution in [0.15, 0.2) is 36.7 Å². The summed E-state index contributed by atoms with van der Waals surface area (Å²) in [5, 5.41) is 12.4. The van der Waals surface area contributed by atoms with Gasteiger partial charge < -0.3 is 19.9 Å². The predicted molar refractivity (Wildman–Crippen MR) is 126 cm³/mol. The molecular formula is C24H34N6O2. The highest BCUT2D eigenvalue weighted by Gasteiger charge is 2.20. The number of likely N-dealkylation sites (N-methyl/N-ethyl adjacent to an activating group) is 2. The van der Waals surface area contributed by atoms with Gasteiger partial charge in [0.2, 0.25) is 11.8 Å². The van der Waals surface area contributed by atoms with E-state index in [1.165, 1.54) is 0 Å². The molecule has 2 atom stereocenters. The van der Waals surface area contributed by atoms with Gasteiger partial charge in [0.1, 0.15) is 11.9 Å². The molecule has 32 heavy (non-hydrogen) atoms. The van der Waals surface area contributed by atoms with Gasteiger partial charge in [-0.3, -0.25) is 4.79 Å². The van der Waals surface area contributed by atoms with Crippen molar-refractivity contribution in [2.45, 2.75) is 46.2 Å². The van der Waals surface area contributed by atoms with Crippen LogP contribution in [0, 0.1) is 11.3 Å². The highest BCUT2D eigenvalue weighted by atomic mass is 16.5. The molecule has 0 radical (unpaired) electrons. The van der Waals surface area contributed by atoms with E-state index in [-0.39, 0.29) is 18.0 Å². The average Bonchev–Trinajstić information content (AvgIpc) is 2.83. The smallest absolute Gasteiger partial charge is 0.223 e. The van der Waals surface area contributed by atoms with Crippen LogP contribution in [0.2, 0.25) is 0 Å². The summed E-state index contributed by atoms with van der Waals surface area (Å²) >= 11 is 0. The molecule has 1 N–H and O–H groups in total. The lowest BCUT2D eigenvalue weighted by Crippen LogP contribution is -2.45. The Morgan fingerprint density at radius 1 is 1.22 bits per heavy atom. The first-order chi connectivity index (χ1) is 15.4. The minimum absolute atomic E-state index is 0.0896.